The van der Waals surface area contributed by atoms with Gasteiger partial charge in [-0.2, -0.15) is 0 Å². The summed E-state index contributed by atoms with van der Waals surface area (Å²) in [7, 11) is -0.982. The third-order valence-corrected chi connectivity index (χ3v) is 4.47. The van der Waals surface area contributed by atoms with Crippen molar-refractivity contribution >= 4 is 14.3 Å². The van der Waals surface area contributed by atoms with Gasteiger partial charge in [0.05, 0.1) is 0 Å². The summed E-state index contributed by atoms with van der Waals surface area (Å²) in [5.74, 6) is 0. The van der Waals surface area contributed by atoms with Gasteiger partial charge in [-0.05, 0) is 12.1 Å². The van der Waals surface area contributed by atoms with Gasteiger partial charge in [-0.15, -0.1) is 0 Å². The summed E-state index contributed by atoms with van der Waals surface area (Å²) >= 11 is 0. The molecule has 0 unspecified atom stereocenters. The van der Waals surface area contributed by atoms with Crippen LogP contribution in [0.3, 0.4) is 0 Å². The van der Waals surface area contributed by atoms with Crippen molar-refractivity contribution in [2.75, 3.05) is 13.3 Å². The van der Waals surface area contributed by atoms with E-state index in [1.165, 1.54) is 6.04 Å². The van der Waals surface area contributed by atoms with E-state index in [1.54, 1.807) is 0 Å². The monoisotopic (exact) mass is 251 g/mol. The number of nitrogens with one attached hydrogen (secondary N) is 1. The largest absolute Gasteiger partial charge is 0.372 e. The highest BCUT2D eigenvalue weighted by atomic mass is 28.3. The van der Waals surface area contributed by atoms with Gasteiger partial charge in [0, 0.05) is 32.3 Å². The van der Waals surface area contributed by atoms with Crippen LogP contribution in [0.4, 0.5) is 0 Å². The van der Waals surface area contributed by atoms with Crippen molar-refractivity contribution < 1.29 is 4.74 Å². The highest BCUT2D eigenvalue weighted by molar-refractivity contribution is 6.76. The van der Waals surface area contributed by atoms with E-state index in [4.69, 9.17) is 4.74 Å². The molecule has 0 aliphatic carbocycles. The minimum atomic E-state index is -0.982. The van der Waals surface area contributed by atoms with Gasteiger partial charge in [0.25, 0.3) is 0 Å². The molecule has 1 aliphatic heterocycles. The van der Waals surface area contributed by atoms with Crippen LogP contribution in [0, 0.1) is 0 Å². The Hall–Kier alpha value is -1.07. The first kappa shape index (κ1) is 12.4. The lowest BCUT2D eigenvalue weighted by molar-refractivity contribution is 0.0847. The van der Waals surface area contributed by atoms with Gasteiger partial charge in [-0.25, -0.2) is 4.99 Å². The molecule has 0 spiro atoms. The van der Waals surface area contributed by atoms with Crippen molar-refractivity contribution in [2.45, 2.75) is 32.4 Å². The predicted molar refractivity (Wildman–Crippen MR) is 71.8 cm³/mol. The first-order chi connectivity index (χ1) is 8.06. The minimum Gasteiger partial charge on any atom is -0.372 e. The van der Waals surface area contributed by atoms with Gasteiger partial charge in [-0.1, -0.05) is 19.6 Å². The van der Waals surface area contributed by atoms with Gasteiger partial charge in [0.1, 0.15) is 18.9 Å². The Morgan fingerprint density at radius 2 is 2.29 bits per heavy atom. The molecule has 0 radical (unpaired) electrons. The fraction of sp³-hybridized carbons (Fsp3) is 0.583. The zero-order valence-corrected chi connectivity index (χ0v) is 11.9. The van der Waals surface area contributed by atoms with E-state index < -0.39 is 8.07 Å². The van der Waals surface area contributed by atoms with Gasteiger partial charge < -0.3 is 14.6 Å². The van der Waals surface area contributed by atoms with E-state index in [0.29, 0.717) is 13.4 Å². The number of hydrogen-bond acceptors (Lipinski definition) is 3. The second kappa shape index (κ2) is 5.06. The first-order valence-corrected chi connectivity index (χ1v) is 9.78. The lowest BCUT2D eigenvalue weighted by atomic mass is 10.5. The molecule has 4 nitrogen and oxygen atoms in total. The van der Waals surface area contributed by atoms with Crippen molar-refractivity contribution in [2.24, 2.45) is 4.99 Å². The van der Waals surface area contributed by atoms with Crippen molar-refractivity contribution in [1.82, 2.24) is 9.88 Å². The fourth-order valence-corrected chi connectivity index (χ4v) is 2.45. The lowest BCUT2D eigenvalue weighted by Gasteiger charge is -2.15. The highest BCUT2D eigenvalue weighted by Gasteiger charge is 2.12. The number of nitrogens with zero attached hydrogens (tertiary/aromatic N) is 2. The zero-order chi connectivity index (χ0) is 12.3. The van der Waals surface area contributed by atoms with E-state index in [9.17, 15) is 0 Å². The van der Waals surface area contributed by atoms with Crippen molar-refractivity contribution in [3.8, 4) is 0 Å². The fourth-order valence-electron chi connectivity index (χ4n) is 1.70. The number of rotatable bonds is 5. The van der Waals surface area contributed by atoms with Gasteiger partial charge in [-0.3, -0.25) is 0 Å². The quantitative estimate of drug-likeness (QED) is 0.618. The Bertz CT molecular complexity index is 487. The average Bonchev–Trinajstić information content (AvgIpc) is 2.67. The topological polar surface area (TPSA) is 38.5 Å². The Labute approximate surface area is 103 Å². The van der Waals surface area contributed by atoms with E-state index >= 15 is 0 Å². The molecule has 0 saturated carbocycles. The number of fused-ring (bicyclic) bond motifs is 1. The van der Waals surface area contributed by atoms with Gasteiger partial charge in [0.2, 0.25) is 0 Å². The Kier molecular flexibility index (Phi) is 3.68. The van der Waals surface area contributed by atoms with Crippen molar-refractivity contribution in [3.63, 3.8) is 0 Å². The van der Waals surface area contributed by atoms with Crippen LogP contribution in [-0.4, -0.2) is 25.9 Å². The predicted octanol–water partition coefficient (Wildman–Crippen LogP) is 0.719. The van der Waals surface area contributed by atoms with Gasteiger partial charge in [0.15, 0.2) is 0 Å². The Balaban J connectivity index is 1.91. The van der Waals surface area contributed by atoms with Crippen LogP contribution in [0.5, 0.6) is 0 Å². The summed E-state index contributed by atoms with van der Waals surface area (Å²) < 4.78 is 7.79. The van der Waals surface area contributed by atoms with Crippen LogP contribution in [0.2, 0.25) is 25.7 Å². The molecule has 0 aromatic carbocycles. The highest BCUT2D eigenvalue weighted by Crippen LogP contribution is 2.07. The molecule has 2 heterocycles. The van der Waals surface area contributed by atoms with Crippen LogP contribution in [0.1, 0.15) is 0 Å². The minimum absolute atomic E-state index is 0.608. The van der Waals surface area contributed by atoms with Crippen LogP contribution in [0.25, 0.3) is 6.20 Å². The molecule has 0 saturated heterocycles. The molecule has 1 aliphatic rings. The maximum absolute atomic E-state index is 5.72. The van der Waals surface area contributed by atoms with E-state index in [2.05, 4.69) is 40.6 Å². The molecule has 0 atom stereocenters. The molecule has 1 N–H and O–H groups in total. The zero-order valence-electron chi connectivity index (χ0n) is 10.9. The third-order valence-electron chi connectivity index (χ3n) is 2.77. The third kappa shape index (κ3) is 3.44. The van der Waals surface area contributed by atoms with Crippen LogP contribution < -0.4 is 16.0 Å². The first-order valence-electron chi connectivity index (χ1n) is 6.07. The van der Waals surface area contributed by atoms with Crippen molar-refractivity contribution in [1.29, 1.82) is 0 Å². The molecule has 0 bridgehead atoms. The number of aromatic nitrogens is 1. The molecular weight excluding hydrogens is 230 g/mol. The Morgan fingerprint density at radius 1 is 1.47 bits per heavy atom. The van der Waals surface area contributed by atoms with Crippen LogP contribution in [-0.2, 0) is 11.5 Å². The molecule has 5 heteroatoms. The maximum Gasteiger partial charge on any atom is 0.140 e. The Morgan fingerprint density at radius 3 is 3.06 bits per heavy atom. The average molecular weight is 251 g/mol. The molecule has 94 valence electrons. The molecule has 1 aromatic rings. The molecule has 0 amide bonds. The SMILES string of the molecule is C[Si](C)(C)CCOCn1ccc2c1=NCNC=2. The summed E-state index contributed by atoms with van der Waals surface area (Å²) in [6.07, 6.45) is 4.03. The van der Waals surface area contributed by atoms with E-state index in [0.717, 1.165) is 17.3 Å². The summed E-state index contributed by atoms with van der Waals surface area (Å²) in [6, 6.07) is 3.27. The number of hydrogen-bond donors (Lipinski definition) is 1. The molecule has 2 rings (SSSR count). The van der Waals surface area contributed by atoms with E-state index in [-0.39, 0.29) is 0 Å². The maximum atomic E-state index is 5.72. The standard InChI is InChI=1S/C12H21N3OSi/c1-17(2,3)7-6-16-10-15-5-4-11-8-13-9-14-12(11)15/h4-5,8,13H,6-7,9-10H2,1-3H3. The molecular formula is C12H21N3OSi. The summed E-state index contributed by atoms with van der Waals surface area (Å²) in [6.45, 7) is 9.21. The van der Waals surface area contributed by atoms with E-state index in [1.807, 2.05) is 12.4 Å². The smallest absolute Gasteiger partial charge is 0.140 e. The number of ether oxygens (including phenoxy) is 1. The van der Waals surface area contributed by atoms with Crippen LogP contribution in [0.15, 0.2) is 17.3 Å². The second-order valence-corrected chi connectivity index (χ2v) is 11.2. The summed E-state index contributed by atoms with van der Waals surface area (Å²) in [5, 5.41) is 4.24. The summed E-state index contributed by atoms with van der Waals surface area (Å²) in [4.78, 5) is 4.43. The molecule has 1 aromatic heterocycles. The van der Waals surface area contributed by atoms with Gasteiger partial charge >= 0.3 is 0 Å². The van der Waals surface area contributed by atoms with Crippen molar-refractivity contribution in [3.05, 3.63) is 23.0 Å². The lowest BCUT2D eigenvalue weighted by Crippen LogP contribution is -2.36. The summed E-state index contributed by atoms with van der Waals surface area (Å²) in [5.41, 5.74) is 1.02. The van der Waals surface area contributed by atoms with Crippen LogP contribution >= 0.6 is 0 Å². The second-order valence-electron chi connectivity index (χ2n) is 5.58. The molecule has 17 heavy (non-hydrogen) atoms. The normalized spacial score (nSPS) is 14.5. The molecule has 0 fully saturated rings.